The highest BCUT2D eigenvalue weighted by atomic mass is 16.3. The number of rotatable bonds is 3. The van der Waals surface area contributed by atoms with Crippen molar-refractivity contribution in [2.75, 3.05) is 5.32 Å². The Morgan fingerprint density at radius 3 is 2.53 bits per heavy atom. The van der Waals surface area contributed by atoms with Gasteiger partial charge in [-0.1, -0.05) is 12.1 Å². The monoisotopic (exact) mass is 228 g/mol. The van der Waals surface area contributed by atoms with E-state index in [2.05, 4.69) is 23.3 Å². The lowest BCUT2D eigenvalue weighted by Gasteiger charge is -2.15. The standard InChI is InChI=1S/C14H16N2O/c1-10-7-13(9-15-8-10)16-11(2)12-3-5-14(17)6-4-12/h3-9,11,16-17H,1-2H3. The number of pyridine rings is 1. The van der Waals surface area contributed by atoms with Crippen LogP contribution in [0.25, 0.3) is 0 Å². The smallest absolute Gasteiger partial charge is 0.115 e. The molecule has 2 aromatic rings. The Hall–Kier alpha value is -2.03. The van der Waals surface area contributed by atoms with Gasteiger partial charge in [-0.05, 0) is 43.2 Å². The first kappa shape index (κ1) is 11.5. The van der Waals surface area contributed by atoms with Crippen LogP contribution in [0.4, 0.5) is 5.69 Å². The largest absolute Gasteiger partial charge is 0.508 e. The van der Waals surface area contributed by atoms with Gasteiger partial charge in [-0.15, -0.1) is 0 Å². The van der Waals surface area contributed by atoms with E-state index in [0.29, 0.717) is 0 Å². The molecule has 17 heavy (non-hydrogen) atoms. The SMILES string of the molecule is Cc1cncc(NC(C)c2ccc(O)cc2)c1. The first-order valence-corrected chi connectivity index (χ1v) is 5.62. The molecule has 0 saturated heterocycles. The summed E-state index contributed by atoms with van der Waals surface area (Å²) in [5.74, 6) is 0.290. The lowest BCUT2D eigenvalue weighted by molar-refractivity contribution is 0.475. The molecule has 0 fully saturated rings. The van der Waals surface area contributed by atoms with Crippen LogP contribution >= 0.6 is 0 Å². The molecule has 1 aromatic heterocycles. The van der Waals surface area contributed by atoms with E-state index in [9.17, 15) is 5.11 Å². The number of anilines is 1. The van der Waals surface area contributed by atoms with Gasteiger partial charge in [0, 0.05) is 18.4 Å². The van der Waals surface area contributed by atoms with Crippen molar-refractivity contribution in [2.24, 2.45) is 0 Å². The van der Waals surface area contributed by atoms with E-state index in [0.717, 1.165) is 16.8 Å². The van der Waals surface area contributed by atoms with Gasteiger partial charge in [-0.25, -0.2) is 0 Å². The van der Waals surface area contributed by atoms with Crippen LogP contribution in [0.1, 0.15) is 24.1 Å². The van der Waals surface area contributed by atoms with E-state index < -0.39 is 0 Å². The minimum Gasteiger partial charge on any atom is -0.508 e. The minimum atomic E-state index is 0.180. The Morgan fingerprint density at radius 2 is 1.88 bits per heavy atom. The number of aryl methyl sites for hydroxylation is 1. The van der Waals surface area contributed by atoms with Crippen molar-refractivity contribution < 1.29 is 5.11 Å². The summed E-state index contributed by atoms with van der Waals surface area (Å²) >= 11 is 0. The summed E-state index contributed by atoms with van der Waals surface area (Å²) < 4.78 is 0. The third kappa shape index (κ3) is 2.97. The molecular weight excluding hydrogens is 212 g/mol. The molecule has 0 radical (unpaired) electrons. The Bertz CT molecular complexity index is 494. The molecule has 3 nitrogen and oxygen atoms in total. The molecule has 0 spiro atoms. The second-order valence-electron chi connectivity index (χ2n) is 4.21. The van der Waals surface area contributed by atoms with Gasteiger partial charge in [0.2, 0.25) is 0 Å². The second-order valence-corrected chi connectivity index (χ2v) is 4.21. The van der Waals surface area contributed by atoms with Crippen molar-refractivity contribution in [3.8, 4) is 5.75 Å². The highest BCUT2D eigenvalue weighted by Crippen LogP contribution is 2.20. The number of nitrogens with one attached hydrogen (secondary N) is 1. The molecule has 1 unspecified atom stereocenters. The van der Waals surface area contributed by atoms with E-state index in [1.807, 2.05) is 31.5 Å². The number of aromatic nitrogens is 1. The lowest BCUT2D eigenvalue weighted by Crippen LogP contribution is -2.06. The Morgan fingerprint density at radius 1 is 1.18 bits per heavy atom. The van der Waals surface area contributed by atoms with Crippen LogP contribution in [0.3, 0.4) is 0 Å². The third-order valence-electron chi connectivity index (χ3n) is 2.65. The number of nitrogens with zero attached hydrogens (tertiary/aromatic N) is 1. The average Bonchev–Trinajstić information content (AvgIpc) is 2.29. The molecule has 1 aromatic carbocycles. The summed E-state index contributed by atoms with van der Waals surface area (Å²) in [7, 11) is 0. The molecule has 0 bridgehead atoms. The molecule has 0 aliphatic carbocycles. The van der Waals surface area contributed by atoms with Crippen molar-refractivity contribution in [3.63, 3.8) is 0 Å². The maximum absolute atomic E-state index is 9.23. The van der Waals surface area contributed by atoms with E-state index in [1.165, 1.54) is 0 Å². The van der Waals surface area contributed by atoms with Gasteiger partial charge in [0.1, 0.15) is 5.75 Å². The highest BCUT2D eigenvalue weighted by Gasteiger charge is 2.05. The Balaban J connectivity index is 2.11. The van der Waals surface area contributed by atoms with Crippen molar-refractivity contribution in [1.82, 2.24) is 4.98 Å². The van der Waals surface area contributed by atoms with Crippen LogP contribution in [-0.4, -0.2) is 10.1 Å². The zero-order valence-corrected chi connectivity index (χ0v) is 10.0. The average molecular weight is 228 g/mol. The van der Waals surface area contributed by atoms with Gasteiger partial charge in [0.05, 0.1) is 5.69 Å². The van der Waals surface area contributed by atoms with Crippen molar-refractivity contribution in [2.45, 2.75) is 19.9 Å². The Kier molecular flexibility index (Phi) is 3.28. The summed E-state index contributed by atoms with van der Waals surface area (Å²) in [6, 6.07) is 9.46. The fourth-order valence-corrected chi connectivity index (χ4v) is 1.73. The number of benzene rings is 1. The molecule has 2 rings (SSSR count). The van der Waals surface area contributed by atoms with Gasteiger partial charge < -0.3 is 10.4 Å². The maximum Gasteiger partial charge on any atom is 0.115 e. The van der Waals surface area contributed by atoms with E-state index in [4.69, 9.17) is 0 Å². The summed E-state index contributed by atoms with van der Waals surface area (Å²) in [5, 5.41) is 12.6. The van der Waals surface area contributed by atoms with Crippen molar-refractivity contribution in [1.29, 1.82) is 0 Å². The van der Waals surface area contributed by atoms with Crippen LogP contribution in [0.5, 0.6) is 5.75 Å². The lowest BCUT2D eigenvalue weighted by atomic mass is 10.1. The number of phenolic OH excluding ortho intramolecular Hbond substituents is 1. The second kappa shape index (κ2) is 4.87. The van der Waals surface area contributed by atoms with Crippen LogP contribution in [0.2, 0.25) is 0 Å². The number of aromatic hydroxyl groups is 1. The molecule has 1 heterocycles. The van der Waals surface area contributed by atoms with Crippen LogP contribution in [0.15, 0.2) is 42.7 Å². The summed E-state index contributed by atoms with van der Waals surface area (Å²) in [4.78, 5) is 4.14. The molecule has 3 heteroatoms. The van der Waals surface area contributed by atoms with E-state index in [-0.39, 0.29) is 11.8 Å². The van der Waals surface area contributed by atoms with Crippen LogP contribution in [0, 0.1) is 6.92 Å². The van der Waals surface area contributed by atoms with Gasteiger partial charge in [0.15, 0.2) is 0 Å². The van der Waals surface area contributed by atoms with Gasteiger partial charge in [0.25, 0.3) is 0 Å². The predicted molar refractivity (Wildman–Crippen MR) is 69.1 cm³/mol. The topological polar surface area (TPSA) is 45.2 Å². The zero-order chi connectivity index (χ0) is 12.3. The Labute approximate surface area is 101 Å². The van der Waals surface area contributed by atoms with Gasteiger partial charge in [-0.3, -0.25) is 4.98 Å². The molecule has 0 aliphatic rings. The molecule has 2 N–H and O–H groups in total. The molecule has 0 amide bonds. The molecule has 0 aliphatic heterocycles. The zero-order valence-electron chi connectivity index (χ0n) is 10.0. The third-order valence-corrected chi connectivity index (χ3v) is 2.65. The van der Waals surface area contributed by atoms with Crippen LogP contribution < -0.4 is 5.32 Å². The maximum atomic E-state index is 9.23. The summed E-state index contributed by atoms with van der Waals surface area (Å²) in [5.41, 5.74) is 3.27. The van der Waals surface area contributed by atoms with Crippen molar-refractivity contribution in [3.05, 3.63) is 53.9 Å². The van der Waals surface area contributed by atoms with Crippen molar-refractivity contribution >= 4 is 5.69 Å². The number of phenols is 1. The minimum absolute atomic E-state index is 0.180. The molecular formula is C14H16N2O. The van der Waals surface area contributed by atoms with Gasteiger partial charge in [-0.2, -0.15) is 0 Å². The van der Waals surface area contributed by atoms with Crippen LogP contribution in [-0.2, 0) is 0 Å². The highest BCUT2D eigenvalue weighted by molar-refractivity contribution is 5.45. The first-order chi connectivity index (χ1) is 8.15. The summed E-state index contributed by atoms with van der Waals surface area (Å²) in [6.45, 7) is 4.10. The van der Waals surface area contributed by atoms with E-state index in [1.54, 1.807) is 12.1 Å². The predicted octanol–water partition coefficient (Wildman–Crippen LogP) is 3.27. The first-order valence-electron chi connectivity index (χ1n) is 5.62. The quantitative estimate of drug-likeness (QED) is 0.847. The number of hydrogen-bond donors (Lipinski definition) is 2. The summed E-state index contributed by atoms with van der Waals surface area (Å²) in [6.07, 6.45) is 3.64. The fraction of sp³-hybridized carbons (Fsp3) is 0.214. The normalized spacial score (nSPS) is 12.1. The fourth-order valence-electron chi connectivity index (χ4n) is 1.73. The number of hydrogen-bond acceptors (Lipinski definition) is 3. The molecule has 0 saturated carbocycles. The molecule has 1 atom stereocenters. The molecule has 88 valence electrons. The van der Waals surface area contributed by atoms with Gasteiger partial charge >= 0.3 is 0 Å². The van der Waals surface area contributed by atoms with E-state index >= 15 is 0 Å².